The first-order valence-electron chi connectivity index (χ1n) is 8.74. The molecule has 0 aliphatic rings. The number of thiophene rings is 1. The van der Waals surface area contributed by atoms with Gasteiger partial charge in [0, 0.05) is 35.4 Å². The Morgan fingerprint density at radius 3 is 2.39 bits per heavy atom. The summed E-state index contributed by atoms with van der Waals surface area (Å²) in [5, 5.41) is 0.284. The fourth-order valence-corrected chi connectivity index (χ4v) is 3.90. The van der Waals surface area contributed by atoms with Crippen molar-refractivity contribution in [3.05, 3.63) is 64.3 Å². The number of carbonyl (C=O) groups is 2. The smallest absolute Gasteiger partial charge is 0.348 e. The minimum Gasteiger partial charge on any atom is -0.462 e. The van der Waals surface area contributed by atoms with Crippen molar-refractivity contribution in [2.45, 2.75) is 13.5 Å². The van der Waals surface area contributed by atoms with E-state index in [-0.39, 0.29) is 23.5 Å². The number of esters is 2. The lowest BCUT2D eigenvalue weighted by Crippen LogP contribution is -2.11. The van der Waals surface area contributed by atoms with Gasteiger partial charge in [-0.3, -0.25) is 0 Å². The highest BCUT2D eigenvalue weighted by Crippen LogP contribution is 2.34. The monoisotopic (exact) mass is 401 g/mol. The molecule has 146 valence electrons. The lowest BCUT2D eigenvalue weighted by molar-refractivity contribution is 0.0454. The molecule has 5 nitrogen and oxygen atoms in total. The van der Waals surface area contributed by atoms with Gasteiger partial charge in [-0.05, 0) is 43.3 Å². The van der Waals surface area contributed by atoms with Crippen LogP contribution in [0.1, 0.15) is 32.5 Å². The molecule has 0 unspecified atom stereocenters. The average Bonchev–Trinajstić information content (AvgIpc) is 3.06. The second kappa shape index (κ2) is 8.39. The van der Waals surface area contributed by atoms with Crippen LogP contribution in [0, 0.1) is 5.82 Å². The molecule has 0 radical (unpaired) electrons. The van der Waals surface area contributed by atoms with Crippen LogP contribution in [-0.2, 0) is 16.1 Å². The summed E-state index contributed by atoms with van der Waals surface area (Å²) in [7, 11) is 3.81. The van der Waals surface area contributed by atoms with Crippen LogP contribution in [0.2, 0.25) is 0 Å². The molecule has 2 aromatic carbocycles. The van der Waals surface area contributed by atoms with Crippen molar-refractivity contribution in [3.8, 4) is 0 Å². The number of fused-ring (bicyclic) bond motifs is 1. The molecule has 0 N–H and O–H groups in total. The Labute approximate surface area is 166 Å². The molecule has 3 aromatic rings. The van der Waals surface area contributed by atoms with E-state index in [0.717, 1.165) is 17.0 Å². The van der Waals surface area contributed by atoms with E-state index in [0.29, 0.717) is 15.8 Å². The van der Waals surface area contributed by atoms with E-state index in [1.165, 1.54) is 6.07 Å². The summed E-state index contributed by atoms with van der Waals surface area (Å²) in [5.41, 5.74) is 1.66. The van der Waals surface area contributed by atoms with Crippen molar-refractivity contribution < 1.29 is 23.5 Å². The number of nitrogens with zero attached hydrogens (tertiary/aromatic N) is 1. The van der Waals surface area contributed by atoms with E-state index in [1.807, 2.05) is 19.0 Å². The predicted molar refractivity (Wildman–Crippen MR) is 108 cm³/mol. The van der Waals surface area contributed by atoms with Crippen LogP contribution in [0.4, 0.5) is 10.1 Å². The van der Waals surface area contributed by atoms with E-state index >= 15 is 0 Å². The van der Waals surface area contributed by atoms with Gasteiger partial charge in [-0.15, -0.1) is 11.3 Å². The molecule has 28 heavy (non-hydrogen) atoms. The number of anilines is 1. The Morgan fingerprint density at radius 2 is 1.75 bits per heavy atom. The van der Waals surface area contributed by atoms with Gasteiger partial charge in [-0.1, -0.05) is 6.07 Å². The van der Waals surface area contributed by atoms with Gasteiger partial charge in [0.2, 0.25) is 0 Å². The van der Waals surface area contributed by atoms with Crippen LogP contribution in [0.5, 0.6) is 0 Å². The number of benzene rings is 2. The zero-order valence-electron chi connectivity index (χ0n) is 15.8. The van der Waals surface area contributed by atoms with E-state index in [2.05, 4.69) is 0 Å². The van der Waals surface area contributed by atoms with Crippen molar-refractivity contribution >= 4 is 39.0 Å². The highest BCUT2D eigenvalue weighted by molar-refractivity contribution is 7.21. The third kappa shape index (κ3) is 3.99. The number of rotatable bonds is 6. The summed E-state index contributed by atoms with van der Waals surface area (Å²) < 4.78 is 25.4. The summed E-state index contributed by atoms with van der Waals surface area (Å²) in [6, 6.07) is 11.5. The Balaban J connectivity index is 1.87. The van der Waals surface area contributed by atoms with Crippen LogP contribution < -0.4 is 4.90 Å². The summed E-state index contributed by atoms with van der Waals surface area (Å²) in [4.78, 5) is 26.9. The Bertz CT molecular complexity index is 1010. The minimum atomic E-state index is -0.551. The number of hydrogen-bond donors (Lipinski definition) is 0. The maximum Gasteiger partial charge on any atom is 0.348 e. The van der Waals surface area contributed by atoms with E-state index in [9.17, 15) is 14.0 Å². The normalized spacial score (nSPS) is 10.7. The van der Waals surface area contributed by atoms with E-state index in [4.69, 9.17) is 9.47 Å². The maximum atomic E-state index is 14.4. The molecule has 0 saturated carbocycles. The minimum absolute atomic E-state index is 0.201. The predicted octanol–water partition coefficient (Wildman–Crippen LogP) is 4.64. The molecule has 0 aliphatic carbocycles. The molecule has 0 fully saturated rings. The second-order valence-corrected chi connectivity index (χ2v) is 7.31. The van der Waals surface area contributed by atoms with Crippen LogP contribution in [0.3, 0.4) is 0 Å². The van der Waals surface area contributed by atoms with Crippen LogP contribution >= 0.6 is 11.3 Å². The van der Waals surface area contributed by atoms with Gasteiger partial charge in [0.1, 0.15) is 17.3 Å². The molecule has 0 saturated heterocycles. The number of halogens is 1. The molecule has 1 heterocycles. The SMILES string of the molecule is CCOC(=O)c1sc2cccc(F)c2c1COC(=O)c1ccc(N(C)C)cc1. The molecular weight excluding hydrogens is 381 g/mol. The third-order valence-corrected chi connectivity index (χ3v) is 5.37. The first kappa shape index (κ1) is 19.8. The third-order valence-electron chi connectivity index (χ3n) is 4.19. The topological polar surface area (TPSA) is 55.8 Å². The van der Waals surface area contributed by atoms with Crippen LogP contribution in [0.25, 0.3) is 10.1 Å². The number of hydrogen-bond acceptors (Lipinski definition) is 6. The van der Waals surface area contributed by atoms with Gasteiger partial charge in [-0.25, -0.2) is 14.0 Å². The molecule has 7 heteroatoms. The zero-order chi connectivity index (χ0) is 20.3. The summed E-state index contributed by atoms with van der Waals surface area (Å²) in [6.45, 7) is 1.68. The zero-order valence-corrected chi connectivity index (χ0v) is 16.6. The molecule has 0 amide bonds. The highest BCUT2D eigenvalue weighted by atomic mass is 32.1. The molecular formula is C21H20FNO4S. The van der Waals surface area contributed by atoms with Gasteiger partial charge in [0.25, 0.3) is 0 Å². The Kier molecular flexibility index (Phi) is 5.94. The Hall–Kier alpha value is -2.93. The molecule has 0 aliphatic heterocycles. The second-order valence-electron chi connectivity index (χ2n) is 6.26. The van der Waals surface area contributed by atoms with Crippen LogP contribution in [0.15, 0.2) is 42.5 Å². The van der Waals surface area contributed by atoms with E-state index < -0.39 is 17.8 Å². The van der Waals surface area contributed by atoms with Crippen LogP contribution in [-0.4, -0.2) is 32.6 Å². The summed E-state index contributed by atoms with van der Waals surface area (Å²) >= 11 is 1.13. The lowest BCUT2D eigenvalue weighted by atomic mass is 10.1. The van der Waals surface area contributed by atoms with Crippen molar-refractivity contribution in [3.63, 3.8) is 0 Å². The van der Waals surface area contributed by atoms with Gasteiger partial charge >= 0.3 is 11.9 Å². The van der Waals surface area contributed by atoms with Gasteiger partial charge in [0.15, 0.2) is 0 Å². The van der Waals surface area contributed by atoms with Crippen molar-refractivity contribution in [1.29, 1.82) is 0 Å². The molecule has 1 aromatic heterocycles. The first-order valence-corrected chi connectivity index (χ1v) is 9.55. The molecule has 0 spiro atoms. The molecule has 3 rings (SSSR count). The van der Waals surface area contributed by atoms with E-state index in [1.54, 1.807) is 43.3 Å². The lowest BCUT2D eigenvalue weighted by Gasteiger charge is -2.12. The standard InChI is InChI=1S/C21H20FNO4S/c1-4-26-21(25)19-15(18-16(22)6-5-7-17(18)28-19)12-27-20(24)13-8-10-14(11-9-13)23(2)3/h5-11H,4,12H2,1-3H3. The summed E-state index contributed by atoms with van der Waals surface area (Å²) in [5.74, 6) is -1.56. The van der Waals surface area contributed by atoms with Gasteiger partial charge in [-0.2, -0.15) is 0 Å². The highest BCUT2D eigenvalue weighted by Gasteiger charge is 2.23. The van der Waals surface area contributed by atoms with Gasteiger partial charge < -0.3 is 14.4 Å². The fraction of sp³-hybridized carbons (Fsp3) is 0.238. The molecule has 0 atom stereocenters. The van der Waals surface area contributed by atoms with Crippen molar-refractivity contribution in [2.75, 3.05) is 25.6 Å². The number of carbonyl (C=O) groups excluding carboxylic acids is 2. The largest absolute Gasteiger partial charge is 0.462 e. The van der Waals surface area contributed by atoms with Crippen molar-refractivity contribution in [1.82, 2.24) is 0 Å². The van der Waals surface area contributed by atoms with Gasteiger partial charge in [0.05, 0.1) is 12.2 Å². The average molecular weight is 401 g/mol. The number of ether oxygens (including phenoxy) is 2. The first-order chi connectivity index (χ1) is 13.4. The molecule has 0 bridgehead atoms. The quantitative estimate of drug-likeness (QED) is 0.563. The summed E-state index contributed by atoms with van der Waals surface area (Å²) in [6.07, 6.45) is 0. The Morgan fingerprint density at radius 1 is 1.04 bits per heavy atom. The maximum absolute atomic E-state index is 14.4. The fourth-order valence-electron chi connectivity index (χ4n) is 2.78. The van der Waals surface area contributed by atoms with Crippen molar-refractivity contribution in [2.24, 2.45) is 0 Å².